The van der Waals surface area contributed by atoms with Crippen LogP contribution < -0.4 is 4.90 Å². The lowest BCUT2D eigenvalue weighted by atomic mass is 9.86. The fourth-order valence-corrected chi connectivity index (χ4v) is 7.25. The smallest absolute Gasteiger partial charge is 0.222 e. The first-order valence-corrected chi connectivity index (χ1v) is 12.8. The molecule has 6 heteroatoms. The number of hydrogen-bond acceptors (Lipinski definition) is 2. The molecule has 3 aliphatic carbocycles. The minimum Gasteiger partial charge on any atom is -0.360 e. The largest absolute Gasteiger partial charge is 0.360 e. The Hall–Kier alpha value is -1.42. The second kappa shape index (κ2) is 7.82. The Labute approximate surface area is 204 Å². The van der Waals surface area contributed by atoms with Gasteiger partial charge in [-0.25, -0.2) is 0 Å². The fourth-order valence-electron chi connectivity index (χ4n) is 6.61. The number of carbonyl (C=O) groups excluding carboxylic acids is 1. The lowest BCUT2D eigenvalue weighted by molar-refractivity contribution is -0.133. The van der Waals surface area contributed by atoms with Crippen molar-refractivity contribution in [3.63, 3.8) is 0 Å². The van der Waals surface area contributed by atoms with Crippen molar-refractivity contribution in [3.05, 3.63) is 63.1 Å². The minimum atomic E-state index is 0.0227. The number of piperazine rings is 1. The molecule has 3 nitrogen and oxygen atoms in total. The predicted octanol–water partition coefficient (Wildman–Crippen LogP) is 6.86. The maximum absolute atomic E-state index is 13.3. The molecule has 1 saturated heterocycles. The number of benzene rings is 2. The van der Waals surface area contributed by atoms with Crippen LogP contribution in [0.1, 0.15) is 43.7 Å². The van der Waals surface area contributed by atoms with E-state index in [0.29, 0.717) is 46.4 Å². The number of anilines is 1. The van der Waals surface area contributed by atoms with Crippen LogP contribution in [0, 0.1) is 23.2 Å². The van der Waals surface area contributed by atoms with Crippen LogP contribution in [0.2, 0.25) is 15.1 Å². The molecule has 4 aliphatic rings. The molecular formula is C26H27Cl3N2O. The van der Waals surface area contributed by atoms with Gasteiger partial charge in [0.25, 0.3) is 0 Å². The molecule has 5 atom stereocenters. The van der Waals surface area contributed by atoms with Gasteiger partial charge in [0.05, 0.1) is 16.8 Å². The summed E-state index contributed by atoms with van der Waals surface area (Å²) < 4.78 is 0. The van der Waals surface area contributed by atoms with E-state index >= 15 is 0 Å². The van der Waals surface area contributed by atoms with Gasteiger partial charge in [0.15, 0.2) is 0 Å². The van der Waals surface area contributed by atoms with Gasteiger partial charge in [-0.3, -0.25) is 4.79 Å². The molecule has 0 bridgehead atoms. The van der Waals surface area contributed by atoms with Crippen LogP contribution in [0.4, 0.5) is 5.69 Å². The van der Waals surface area contributed by atoms with Gasteiger partial charge in [-0.1, -0.05) is 46.9 Å². The second-order valence-electron chi connectivity index (χ2n) is 10.3. The zero-order valence-corrected chi connectivity index (χ0v) is 20.2. The SMILES string of the molecule is O=C(CC1CC2CC23C[C@H]3C1)N1CCN(c2ccc(Cl)cc2Cl)[C@H](c2ccc(Cl)cc2)C1. The van der Waals surface area contributed by atoms with Gasteiger partial charge in [-0.15, -0.1) is 0 Å². The molecule has 0 aromatic heterocycles. The molecule has 168 valence electrons. The first-order chi connectivity index (χ1) is 15.4. The molecule has 3 unspecified atom stereocenters. The van der Waals surface area contributed by atoms with Crippen molar-refractivity contribution in [2.24, 2.45) is 23.2 Å². The highest BCUT2D eigenvalue weighted by Crippen LogP contribution is 2.80. The number of hydrogen-bond donors (Lipinski definition) is 0. The average molecular weight is 490 g/mol. The van der Waals surface area contributed by atoms with E-state index in [1.54, 1.807) is 6.07 Å². The van der Waals surface area contributed by atoms with Gasteiger partial charge in [0.1, 0.15) is 0 Å². The van der Waals surface area contributed by atoms with Gasteiger partial charge in [-0.2, -0.15) is 0 Å². The van der Waals surface area contributed by atoms with Gasteiger partial charge in [-0.05, 0) is 84.7 Å². The Balaban J connectivity index is 1.21. The van der Waals surface area contributed by atoms with E-state index in [1.165, 1.54) is 25.7 Å². The Bertz CT molecular complexity index is 1040. The molecule has 0 radical (unpaired) electrons. The first-order valence-electron chi connectivity index (χ1n) is 11.7. The van der Waals surface area contributed by atoms with Crippen LogP contribution in [-0.4, -0.2) is 30.4 Å². The Morgan fingerprint density at radius 3 is 2.31 bits per heavy atom. The zero-order valence-electron chi connectivity index (χ0n) is 17.9. The third-order valence-corrected chi connectivity index (χ3v) is 9.25. The summed E-state index contributed by atoms with van der Waals surface area (Å²) in [5.74, 6) is 2.73. The van der Waals surface area contributed by atoms with E-state index in [-0.39, 0.29) is 6.04 Å². The lowest BCUT2D eigenvalue weighted by Crippen LogP contribution is -2.51. The van der Waals surface area contributed by atoms with E-state index in [0.717, 1.165) is 35.0 Å². The summed E-state index contributed by atoms with van der Waals surface area (Å²) in [5, 5.41) is 1.97. The van der Waals surface area contributed by atoms with Crippen molar-refractivity contribution in [2.45, 2.75) is 38.1 Å². The molecule has 2 aromatic carbocycles. The van der Waals surface area contributed by atoms with Crippen molar-refractivity contribution in [3.8, 4) is 0 Å². The molecule has 3 saturated carbocycles. The number of carbonyl (C=O) groups is 1. The molecule has 1 aliphatic heterocycles. The van der Waals surface area contributed by atoms with Gasteiger partial charge in [0.2, 0.25) is 5.91 Å². The van der Waals surface area contributed by atoms with E-state index in [2.05, 4.69) is 21.9 Å². The Morgan fingerprint density at radius 2 is 1.62 bits per heavy atom. The Morgan fingerprint density at radius 1 is 0.938 bits per heavy atom. The summed E-state index contributed by atoms with van der Waals surface area (Å²) in [7, 11) is 0. The molecular weight excluding hydrogens is 463 g/mol. The summed E-state index contributed by atoms with van der Waals surface area (Å²) in [4.78, 5) is 17.7. The van der Waals surface area contributed by atoms with Crippen LogP contribution in [0.5, 0.6) is 0 Å². The highest BCUT2D eigenvalue weighted by molar-refractivity contribution is 6.36. The number of rotatable bonds is 4. The summed E-state index contributed by atoms with van der Waals surface area (Å²) >= 11 is 18.9. The molecule has 0 N–H and O–H groups in total. The average Bonchev–Trinajstić information content (AvgIpc) is 3.65. The van der Waals surface area contributed by atoms with Crippen molar-refractivity contribution in [1.82, 2.24) is 4.90 Å². The van der Waals surface area contributed by atoms with Crippen LogP contribution >= 0.6 is 34.8 Å². The van der Waals surface area contributed by atoms with Crippen molar-refractivity contribution < 1.29 is 4.79 Å². The van der Waals surface area contributed by atoms with Crippen molar-refractivity contribution in [2.75, 3.05) is 24.5 Å². The molecule has 6 rings (SSSR count). The topological polar surface area (TPSA) is 23.6 Å². The van der Waals surface area contributed by atoms with Crippen LogP contribution in [0.3, 0.4) is 0 Å². The lowest BCUT2D eigenvalue weighted by Gasteiger charge is -2.43. The van der Waals surface area contributed by atoms with Crippen LogP contribution in [0.15, 0.2) is 42.5 Å². The quantitative estimate of drug-likeness (QED) is 0.468. The maximum atomic E-state index is 13.3. The summed E-state index contributed by atoms with van der Waals surface area (Å²) in [6.07, 6.45) is 6.10. The molecule has 2 aromatic rings. The fraction of sp³-hybridized carbons (Fsp3) is 0.500. The number of nitrogens with zero attached hydrogens (tertiary/aromatic N) is 2. The van der Waals surface area contributed by atoms with E-state index in [9.17, 15) is 4.79 Å². The number of halogens is 3. The van der Waals surface area contributed by atoms with Crippen molar-refractivity contribution in [1.29, 1.82) is 0 Å². The molecule has 1 heterocycles. The van der Waals surface area contributed by atoms with Gasteiger partial charge in [0, 0.05) is 36.1 Å². The van der Waals surface area contributed by atoms with E-state index in [1.807, 2.05) is 24.3 Å². The normalized spacial score (nSPS) is 32.8. The third kappa shape index (κ3) is 3.71. The highest BCUT2D eigenvalue weighted by Gasteiger charge is 2.72. The predicted molar refractivity (Wildman–Crippen MR) is 131 cm³/mol. The van der Waals surface area contributed by atoms with Crippen LogP contribution in [-0.2, 0) is 4.79 Å². The second-order valence-corrected chi connectivity index (χ2v) is 11.6. The van der Waals surface area contributed by atoms with E-state index in [4.69, 9.17) is 34.8 Å². The Kier molecular flexibility index (Phi) is 5.17. The number of amides is 1. The molecule has 1 spiro atoms. The minimum absolute atomic E-state index is 0.0227. The van der Waals surface area contributed by atoms with Gasteiger partial charge >= 0.3 is 0 Å². The third-order valence-electron chi connectivity index (χ3n) is 8.46. The van der Waals surface area contributed by atoms with Crippen molar-refractivity contribution >= 4 is 46.4 Å². The molecule has 4 fully saturated rings. The first kappa shape index (κ1) is 21.1. The maximum Gasteiger partial charge on any atom is 0.222 e. The summed E-state index contributed by atoms with van der Waals surface area (Å²) in [5.41, 5.74) is 2.84. The van der Waals surface area contributed by atoms with E-state index < -0.39 is 0 Å². The van der Waals surface area contributed by atoms with Gasteiger partial charge < -0.3 is 9.80 Å². The zero-order chi connectivity index (χ0) is 22.0. The van der Waals surface area contributed by atoms with Crippen LogP contribution in [0.25, 0.3) is 0 Å². The summed E-state index contributed by atoms with van der Waals surface area (Å²) in [6, 6.07) is 13.6. The monoisotopic (exact) mass is 488 g/mol. The standard InChI is InChI=1S/C26H27Cl3N2O/c27-20-3-1-17(2-4-20)24-15-30(7-8-31(24)23-6-5-21(28)12-22(23)29)25(32)11-16-9-18-13-26(18)14-19(26)10-16/h1-6,12,16,18-19,24H,7-11,13-15H2/t16?,18-,19?,24+,26?/m1/s1. The molecule has 1 amide bonds. The summed E-state index contributed by atoms with van der Waals surface area (Å²) in [6.45, 7) is 2.10. The molecule has 32 heavy (non-hydrogen) atoms. The highest BCUT2D eigenvalue weighted by atomic mass is 35.5.